The highest BCUT2D eigenvalue weighted by Crippen LogP contribution is 2.40. The van der Waals surface area contributed by atoms with Gasteiger partial charge in [-0.05, 0) is 19.8 Å². The van der Waals surface area contributed by atoms with Crippen LogP contribution in [0.15, 0.2) is 11.6 Å². The molecule has 0 aromatic carbocycles. The predicted molar refractivity (Wildman–Crippen MR) is 87.9 cm³/mol. The largest absolute Gasteiger partial charge is 0.288 e. The molecule has 3 heterocycles. The molecule has 0 radical (unpaired) electrons. The van der Waals surface area contributed by atoms with E-state index >= 15 is 0 Å². The Morgan fingerprint density at radius 1 is 1.45 bits per heavy atom. The average molecular weight is 338 g/mol. The Morgan fingerprint density at radius 2 is 2.18 bits per heavy atom. The summed E-state index contributed by atoms with van der Waals surface area (Å²) in [5.74, 6) is 0.0672. The second-order valence-corrected chi connectivity index (χ2v) is 7.42. The number of hydrogen-bond donors (Lipinski definition) is 1. The van der Waals surface area contributed by atoms with Crippen molar-refractivity contribution < 1.29 is 9.59 Å². The summed E-state index contributed by atoms with van der Waals surface area (Å²) in [6.45, 7) is 5.88. The maximum atomic E-state index is 12.7. The molecule has 2 aromatic rings. The van der Waals surface area contributed by atoms with Gasteiger partial charge in [-0.3, -0.25) is 19.4 Å². The molecule has 1 N–H and O–H groups in total. The highest BCUT2D eigenvalue weighted by atomic mass is 32.2. The van der Waals surface area contributed by atoms with E-state index in [1.807, 2.05) is 32.3 Å². The Morgan fingerprint density at radius 3 is 2.86 bits per heavy atom. The molecule has 0 bridgehead atoms. The maximum absolute atomic E-state index is 12.7. The van der Waals surface area contributed by atoms with Gasteiger partial charge in [0.2, 0.25) is 0 Å². The van der Waals surface area contributed by atoms with Crippen molar-refractivity contribution >= 4 is 39.9 Å². The van der Waals surface area contributed by atoms with Crippen LogP contribution in [-0.2, 0) is 4.79 Å². The van der Waals surface area contributed by atoms with Crippen molar-refractivity contribution in [1.29, 1.82) is 0 Å². The summed E-state index contributed by atoms with van der Waals surface area (Å²) in [7, 11) is 0. The third kappa shape index (κ3) is 2.21. The molecule has 2 aromatic heterocycles. The van der Waals surface area contributed by atoms with Crippen LogP contribution in [0, 0.1) is 6.92 Å². The first-order valence-electron chi connectivity index (χ1n) is 7.22. The van der Waals surface area contributed by atoms with Gasteiger partial charge < -0.3 is 0 Å². The van der Waals surface area contributed by atoms with Crippen molar-refractivity contribution in [1.82, 2.24) is 19.8 Å². The molecule has 0 unspecified atom stereocenters. The molecule has 1 fully saturated rings. The second-order valence-electron chi connectivity index (χ2n) is 5.21. The summed E-state index contributed by atoms with van der Waals surface area (Å²) in [5, 5.41) is 3.41. The fraction of sp³-hybridized carbons (Fsp3) is 0.500. The zero-order valence-electron chi connectivity index (χ0n) is 12.8. The summed E-state index contributed by atoms with van der Waals surface area (Å²) in [6.07, 6.45) is 3.40. The highest BCUT2D eigenvalue weighted by molar-refractivity contribution is 8.01. The first kappa shape index (κ1) is 15.4. The van der Waals surface area contributed by atoms with E-state index in [4.69, 9.17) is 0 Å². The molecule has 8 heteroatoms. The minimum absolute atomic E-state index is 0.0502. The van der Waals surface area contributed by atoms with Gasteiger partial charge in [0.1, 0.15) is 10.6 Å². The number of hydrazine groups is 1. The van der Waals surface area contributed by atoms with Crippen LogP contribution in [0.4, 0.5) is 0 Å². The Hall–Kier alpha value is -1.54. The van der Waals surface area contributed by atoms with Crippen LogP contribution in [0.25, 0.3) is 4.96 Å². The Kier molecular flexibility index (Phi) is 3.90. The summed E-state index contributed by atoms with van der Waals surface area (Å²) in [6, 6.07) is 0. The van der Waals surface area contributed by atoms with E-state index in [1.165, 1.54) is 16.3 Å². The highest BCUT2D eigenvalue weighted by Gasteiger charge is 2.45. The number of nitrogens with zero attached hydrogens (tertiary/aromatic N) is 3. The van der Waals surface area contributed by atoms with Gasteiger partial charge in [0.25, 0.3) is 11.8 Å². The van der Waals surface area contributed by atoms with E-state index in [0.717, 1.165) is 17.8 Å². The van der Waals surface area contributed by atoms with E-state index < -0.39 is 0 Å². The Balaban J connectivity index is 1.92. The minimum atomic E-state index is -0.348. The lowest BCUT2D eigenvalue weighted by atomic mass is 10.1. The standard InChI is InChI=1S/C14H18N4O2S2/c1-4-14(5-2)18(10(19)8-22-14)16-12(20)11-9(3)15-13-17(11)6-7-21-13/h6-7H,4-5,8H2,1-3H3,(H,16,20). The molecule has 6 nitrogen and oxygen atoms in total. The monoisotopic (exact) mass is 338 g/mol. The van der Waals surface area contributed by atoms with Crippen molar-refractivity contribution in [3.05, 3.63) is 23.0 Å². The van der Waals surface area contributed by atoms with Gasteiger partial charge >= 0.3 is 0 Å². The fourth-order valence-corrected chi connectivity index (χ4v) is 4.77. The number of thiazole rings is 1. The number of fused-ring (bicyclic) bond motifs is 1. The van der Waals surface area contributed by atoms with Crippen LogP contribution in [0.1, 0.15) is 42.9 Å². The number of carbonyl (C=O) groups is 2. The van der Waals surface area contributed by atoms with Crippen LogP contribution in [0.3, 0.4) is 0 Å². The molecule has 1 aliphatic rings. The van der Waals surface area contributed by atoms with E-state index in [9.17, 15) is 9.59 Å². The van der Waals surface area contributed by atoms with Crippen LogP contribution in [-0.4, -0.2) is 36.8 Å². The molecule has 0 atom stereocenters. The zero-order chi connectivity index (χ0) is 15.9. The van der Waals surface area contributed by atoms with E-state index in [0.29, 0.717) is 17.1 Å². The van der Waals surface area contributed by atoms with Crippen molar-refractivity contribution in [2.45, 2.75) is 38.5 Å². The van der Waals surface area contributed by atoms with Gasteiger partial charge in [0.05, 0.1) is 11.4 Å². The lowest BCUT2D eigenvalue weighted by molar-refractivity contribution is -0.133. The number of thioether (sulfide) groups is 1. The lowest BCUT2D eigenvalue weighted by Gasteiger charge is -2.35. The van der Waals surface area contributed by atoms with Crippen molar-refractivity contribution in [2.24, 2.45) is 0 Å². The number of imidazole rings is 1. The van der Waals surface area contributed by atoms with Crippen molar-refractivity contribution in [2.75, 3.05) is 5.75 Å². The van der Waals surface area contributed by atoms with E-state index in [-0.39, 0.29) is 16.7 Å². The molecular weight excluding hydrogens is 320 g/mol. The SMILES string of the molecule is CCC1(CC)SCC(=O)N1NC(=O)c1c(C)nc2sccn12. The van der Waals surface area contributed by atoms with E-state index in [1.54, 1.807) is 16.2 Å². The molecule has 3 rings (SSSR count). The quantitative estimate of drug-likeness (QED) is 0.930. The number of rotatable bonds is 4. The van der Waals surface area contributed by atoms with Gasteiger partial charge in [0, 0.05) is 11.6 Å². The van der Waals surface area contributed by atoms with Gasteiger partial charge in [-0.15, -0.1) is 23.1 Å². The number of aromatic nitrogens is 2. The van der Waals surface area contributed by atoms with Crippen LogP contribution in [0.5, 0.6) is 0 Å². The maximum Gasteiger partial charge on any atom is 0.288 e. The fourth-order valence-electron chi connectivity index (χ4n) is 2.81. The zero-order valence-corrected chi connectivity index (χ0v) is 14.4. The third-order valence-corrected chi connectivity index (χ3v) is 6.54. The van der Waals surface area contributed by atoms with Crippen LogP contribution < -0.4 is 5.43 Å². The summed E-state index contributed by atoms with van der Waals surface area (Å²) >= 11 is 3.08. The first-order valence-corrected chi connectivity index (χ1v) is 9.09. The van der Waals surface area contributed by atoms with Gasteiger partial charge in [0.15, 0.2) is 4.96 Å². The molecule has 118 valence electrons. The number of carbonyl (C=O) groups excluding carboxylic acids is 2. The minimum Gasteiger partial charge on any atom is -0.286 e. The summed E-state index contributed by atoms with van der Waals surface area (Å²) < 4.78 is 1.77. The smallest absolute Gasteiger partial charge is 0.286 e. The van der Waals surface area contributed by atoms with Gasteiger partial charge in [-0.1, -0.05) is 13.8 Å². The molecule has 0 aliphatic carbocycles. The van der Waals surface area contributed by atoms with Crippen LogP contribution in [0.2, 0.25) is 0 Å². The first-order chi connectivity index (χ1) is 10.5. The van der Waals surface area contributed by atoms with Crippen LogP contribution >= 0.6 is 23.1 Å². The van der Waals surface area contributed by atoms with Gasteiger partial charge in [-0.25, -0.2) is 9.99 Å². The lowest BCUT2D eigenvalue weighted by Crippen LogP contribution is -2.54. The molecule has 1 aliphatic heterocycles. The van der Waals surface area contributed by atoms with Crippen molar-refractivity contribution in [3.63, 3.8) is 0 Å². The van der Waals surface area contributed by atoms with Gasteiger partial charge in [-0.2, -0.15) is 0 Å². The normalized spacial score (nSPS) is 17.4. The van der Waals surface area contributed by atoms with E-state index in [2.05, 4.69) is 10.4 Å². The predicted octanol–water partition coefficient (Wildman–Crippen LogP) is 2.44. The molecule has 1 saturated heterocycles. The second kappa shape index (κ2) is 5.58. The third-order valence-electron chi connectivity index (χ3n) is 4.09. The molecule has 2 amide bonds. The number of nitrogens with one attached hydrogen (secondary N) is 1. The number of amides is 2. The number of hydrogen-bond acceptors (Lipinski definition) is 5. The molecule has 22 heavy (non-hydrogen) atoms. The summed E-state index contributed by atoms with van der Waals surface area (Å²) in [4.78, 5) is 29.7. The number of aryl methyl sites for hydroxylation is 1. The molecular formula is C14H18N4O2S2. The Labute approximate surface area is 136 Å². The molecule has 0 spiro atoms. The topological polar surface area (TPSA) is 66.7 Å². The van der Waals surface area contributed by atoms with Crippen molar-refractivity contribution in [3.8, 4) is 0 Å². The summed E-state index contributed by atoms with van der Waals surface area (Å²) in [5.41, 5.74) is 3.97. The Bertz CT molecular complexity index is 732. The molecule has 0 saturated carbocycles. The average Bonchev–Trinajstić information content (AvgIpc) is 3.14.